The number of rotatable bonds is 4. The molecule has 0 atom stereocenters. The topological polar surface area (TPSA) is 56.6 Å². The summed E-state index contributed by atoms with van der Waals surface area (Å²) in [6.07, 6.45) is 1.61. The first-order valence-corrected chi connectivity index (χ1v) is 7.07. The Bertz CT molecular complexity index is 540. The Balaban J connectivity index is 1.94. The molecule has 1 aliphatic rings. The van der Waals surface area contributed by atoms with Gasteiger partial charge in [0.2, 0.25) is 0 Å². The van der Waals surface area contributed by atoms with Gasteiger partial charge in [0, 0.05) is 38.1 Å². The second-order valence-corrected chi connectivity index (χ2v) is 4.73. The van der Waals surface area contributed by atoms with Gasteiger partial charge in [0.25, 0.3) is 0 Å². The van der Waals surface area contributed by atoms with Crippen molar-refractivity contribution in [1.82, 2.24) is 4.90 Å². The molecule has 0 amide bonds. The Hall–Kier alpha value is -2.48. The zero-order valence-electron chi connectivity index (χ0n) is 12.2. The van der Waals surface area contributed by atoms with E-state index in [1.165, 1.54) is 5.69 Å². The zero-order chi connectivity index (χ0) is 15.1. The van der Waals surface area contributed by atoms with Gasteiger partial charge in [-0.15, -0.1) is 0 Å². The molecule has 1 aromatic carbocycles. The number of ether oxygens (including phenoxy) is 1. The third kappa shape index (κ3) is 3.99. The summed E-state index contributed by atoms with van der Waals surface area (Å²) >= 11 is 0. The lowest BCUT2D eigenvalue weighted by atomic mass is 10.2. The molecule has 1 heterocycles. The van der Waals surface area contributed by atoms with Crippen LogP contribution in [0.1, 0.15) is 6.92 Å². The van der Waals surface area contributed by atoms with Crippen LogP contribution in [0.5, 0.6) is 0 Å². The highest BCUT2D eigenvalue weighted by Crippen LogP contribution is 2.16. The van der Waals surface area contributed by atoms with E-state index in [1.807, 2.05) is 29.2 Å². The van der Waals surface area contributed by atoms with Crippen LogP contribution in [0.2, 0.25) is 0 Å². The lowest BCUT2D eigenvalue weighted by Crippen LogP contribution is -2.44. The molecule has 1 fully saturated rings. The first kappa shape index (κ1) is 14.9. The van der Waals surface area contributed by atoms with Crippen molar-refractivity contribution < 1.29 is 9.53 Å². The molecule has 0 unspecified atom stereocenters. The van der Waals surface area contributed by atoms with Crippen LogP contribution in [0.4, 0.5) is 5.69 Å². The summed E-state index contributed by atoms with van der Waals surface area (Å²) in [5.41, 5.74) is 1.26. The number of benzene rings is 1. The van der Waals surface area contributed by atoms with E-state index in [1.54, 1.807) is 13.1 Å². The van der Waals surface area contributed by atoms with E-state index in [0.29, 0.717) is 0 Å². The van der Waals surface area contributed by atoms with Crippen LogP contribution in [-0.4, -0.2) is 43.7 Å². The van der Waals surface area contributed by atoms with Crippen molar-refractivity contribution in [2.24, 2.45) is 0 Å². The third-order valence-corrected chi connectivity index (χ3v) is 3.36. The van der Waals surface area contributed by atoms with E-state index in [0.717, 1.165) is 26.2 Å². The summed E-state index contributed by atoms with van der Waals surface area (Å²) in [4.78, 5) is 15.9. The van der Waals surface area contributed by atoms with Crippen molar-refractivity contribution in [3.05, 3.63) is 42.1 Å². The molecule has 0 aliphatic carbocycles. The fourth-order valence-electron chi connectivity index (χ4n) is 2.27. The number of piperazine rings is 1. The average Bonchev–Trinajstić information content (AvgIpc) is 2.54. The van der Waals surface area contributed by atoms with Gasteiger partial charge in [-0.05, 0) is 19.1 Å². The molecule has 0 bridgehead atoms. The van der Waals surface area contributed by atoms with Gasteiger partial charge in [0.15, 0.2) is 5.57 Å². The number of nitrogens with zero attached hydrogens (tertiary/aromatic N) is 3. The Kier molecular flexibility index (Phi) is 5.22. The van der Waals surface area contributed by atoms with Gasteiger partial charge >= 0.3 is 5.97 Å². The maximum Gasteiger partial charge on any atom is 0.350 e. The number of anilines is 1. The number of para-hydroxylation sites is 1. The highest BCUT2D eigenvalue weighted by molar-refractivity contribution is 5.92. The van der Waals surface area contributed by atoms with Gasteiger partial charge < -0.3 is 14.5 Å². The predicted molar refractivity (Wildman–Crippen MR) is 80.6 cm³/mol. The maximum absolute atomic E-state index is 11.6. The molecule has 1 aliphatic heterocycles. The largest absolute Gasteiger partial charge is 0.462 e. The molecule has 0 aromatic heterocycles. The van der Waals surface area contributed by atoms with Crippen LogP contribution >= 0.6 is 0 Å². The lowest BCUT2D eigenvalue weighted by molar-refractivity contribution is -0.138. The van der Waals surface area contributed by atoms with Gasteiger partial charge in [-0.25, -0.2) is 4.79 Å². The molecule has 0 radical (unpaired) electrons. The highest BCUT2D eigenvalue weighted by atomic mass is 16.5. The van der Waals surface area contributed by atoms with E-state index >= 15 is 0 Å². The Morgan fingerprint density at radius 1 is 1.29 bits per heavy atom. The third-order valence-electron chi connectivity index (χ3n) is 3.36. The number of esters is 1. The molecule has 0 saturated carbocycles. The quantitative estimate of drug-likeness (QED) is 0.479. The summed E-state index contributed by atoms with van der Waals surface area (Å²) in [7, 11) is 0. The molecular formula is C16H19N3O2. The van der Waals surface area contributed by atoms with E-state index in [9.17, 15) is 4.79 Å². The average molecular weight is 285 g/mol. The van der Waals surface area contributed by atoms with Crippen LogP contribution in [0.15, 0.2) is 42.1 Å². The van der Waals surface area contributed by atoms with E-state index in [4.69, 9.17) is 10.00 Å². The molecule has 2 rings (SSSR count). The zero-order valence-corrected chi connectivity index (χ0v) is 12.2. The van der Waals surface area contributed by atoms with Gasteiger partial charge in [0.1, 0.15) is 6.07 Å². The van der Waals surface area contributed by atoms with Crippen LogP contribution in [0.25, 0.3) is 0 Å². The molecule has 21 heavy (non-hydrogen) atoms. The molecule has 1 saturated heterocycles. The van der Waals surface area contributed by atoms with Crippen LogP contribution < -0.4 is 4.90 Å². The summed E-state index contributed by atoms with van der Waals surface area (Å²) in [5.74, 6) is -0.550. The predicted octanol–water partition coefficient (Wildman–Crippen LogP) is 1.78. The Morgan fingerprint density at radius 2 is 1.95 bits per heavy atom. The van der Waals surface area contributed by atoms with Gasteiger partial charge in [0.05, 0.1) is 6.61 Å². The fraction of sp³-hybridized carbons (Fsp3) is 0.375. The van der Waals surface area contributed by atoms with Crippen LogP contribution in [-0.2, 0) is 9.53 Å². The summed E-state index contributed by atoms with van der Waals surface area (Å²) in [6, 6.07) is 12.1. The van der Waals surface area contributed by atoms with Crippen molar-refractivity contribution in [2.45, 2.75) is 6.92 Å². The van der Waals surface area contributed by atoms with Crippen molar-refractivity contribution in [3.8, 4) is 6.07 Å². The van der Waals surface area contributed by atoms with Gasteiger partial charge in [-0.1, -0.05) is 18.2 Å². The minimum Gasteiger partial charge on any atom is -0.462 e. The first-order chi connectivity index (χ1) is 10.2. The normalized spacial score (nSPS) is 15.5. The smallest absolute Gasteiger partial charge is 0.350 e. The minimum absolute atomic E-state index is 0.0602. The number of hydrogen-bond acceptors (Lipinski definition) is 5. The van der Waals surface area contributed by atoms with Crippen molar-refractivity contribution in [2.75, 3.05) is 37.7 Å². The van der Waals surface area contributed by atoms with E-state index in [2.05, 4.69) is 17.0 Å². The summed E-state index contributed by atoms with van der Waals surface area (Å²) < 4.78 is 4.86. The van der Waals surface area contributed by atoms with Crippen molar-refractivity contribution in [1.29, 1.82) is 5.26 Å². The fourth-order valence-corrected chi connectivity index (χ4v) is 2.27. The molecule has 5 heteroatoms. The number of carbonyl (C=O) groups excluding carboxylic acids is 1. The monoisotopic (exact) mass is 285 g/mol. The second kappa shape index (κ2) is 7.34. The van der Waals surface area contributed by atoms with E-state index in [-0.39, 0.29) is 12.2 Å². The number of hydrogen-bond donors (Lipinski definition) is 0. The summed E-state index contributed by atoms with van der Waals surface area (Å²) in [6.45, 7) is 5.29. The van der Waals surface area contributed by atoms with Crippen LogP contribution in [0.3, 0.4) is 0 Å². The highest BCUT2D eigenvalue weighted by Gasteiger charge is 2.17. The molecular weight excluding hydrogens is 266 g/mol. The molecule has 1 aromatic rings. The van der Waals surface area contributed by atoms with Gasteiger partial charge in [-0.3, -0.25) is 0 Å². The van der Waals surface area contributed by atoms with Gasteiger partial charge in [-0.2, -0.15) is 5.26 Å². The SMILES string of the molecule is CCOC(=O)C(C#N)=CN1CCN(c2ccccc2)CC1. The second-order valence-electron chi connectivity index (χ2n) is 4.73. The maximum atomic E-state index is 11.6. The van der Waals surface area contributed by atoms with E-state index < -0.39 is 5.97 Å². The first-order valence-electron chi connectivity index (χ1n) is 7.07. The molecule has 0 N–H and O–H groups in total. The molecule has 110 valence electrons. The van der Waals surface area contributed by atoms with Crippen LogP contribution in [0, 0.1) is 11.3 Å². The van der Waals surface area contributed by atoms with Crippen molar-refractivity contribution in [3.63, 3.8) is 0 Å². The molecule has 5 nitrogen and oxygen atoms in total. The standard InChI is InChI=1S/C16H19N3O2/c1-2-21-16(20)14(12-17)13-18-8-10-19(11-9-18)15-6-4-3-5-7-15/h3-7,13H,2,8-11H2,1H3. The number of nitriles is 1. The minimum atomic E-state index is -0.550. The van der Waals surface area contributed by atoms with Crippen molar-refractivity contribution >= 4 is 11.7 Å². The number of carbonyl (C=O) groups is 1. The Labute approximate surface area is 125 Å². The summed E-state index contributed by atoms with van der Waals surface area (Å²) in [5, 5.41) is 9.03. The Morgan fingerprint density at radius 3 is 2.52 bits per heavy atom. The molecule has 0 spiro atoms. The lowest BCUT2D eigenvalue weighted by Gasteiger charge is -2.35.